The van der Waals surface area contributed by atoms with Crippen LogP contribution >= 0.6 is 15.9 Å². The third kappa shape index (κ3) is 1.58. The van der Waals surface area contributed by atoms with Crippen LogP contribution in [0.25, 0.3) is 0 Å². The minimum Gasteiger partial charge on any atom is -0.385 e. The highest BCUT2D eigenvalue weighted by atomic mass is 79.9. The highest BCUT2D eigenvalue weighted by molar-refractivity contribution is 9.10. The van der Waals surface area contributed by atoms with E-state index in [1.807, 2.05) is 0 Å². The summed E-state index contributed by atoms with van der Waals surface area (Å²) in [5.41, 5.74) is -1.50. The number of halogens is 4. The largest absolute Gasteiger partial charge is 0.385 e. The molecule has 1 N–H and O–H groups in total. The lowest BCUT2D eigenvalue weighted by Gasteiger charge is -2.37. The smallest absolute Gasteiger partial charge is 0.195 e. The van der Waals surface area contributed by atoms with Crippen LogP contribution in [0.4, 0.5) is 13.2 Å². The molecule has 0 atom stereocenters. The average molecular weight is 281 g/mol. The number of benzene rings is 1. The van der Waals surface area contributed by atoms with Crippen molar-refractivity contribution >= 4 is 15.9 Å². The molecule has 1 saturated carbocycles. The summed E-state index contributed by atoms with van der Waals surface area (Å²) in [6.45, 7) is 0. The SMILES string of the molecule is OC1(c2cc(Br)c(F)c(F)c2F)CCC1. The fourth-order valence-corrected chi connectivity index (χ4v) is 2.10. The molecule has 0 unspecified atom stereocenters. The van der Waals surface area contributed by atoms with Crippen LogP contribution in [-0.4, -0.2) is 5.11 Å². The van der Waals surface area contributed by atoms with Gasteiger partial charge in [0, 0.05) is 5.56 Å². The maximum Gasteiger partial charge on any atom is 0.195 e. The molecule has 0 bridgehead atoms. The van der Waals surface area contributed by atoms with Crippen molar-refractivity contribution in [2.45, 2.75) is 24.9 Å². The molecule has 2 rings (SSSR count). The van der Waals surface area contributed by atoms with E-state index in [-0.39, 0.29) is 10.0 Å². The Kier molecular flexibility index (Phi) is 2.55. The van der Waals surface area contributed by atoms with E-state index in [0.29, 0.717) is 12.8 Å². The molecule has 1 aliphatic carbocycles. The lowest BCUT2D eigenvalue weighted by molar-refractivity contribution is -0.0423. The van der Waals surface area contributed by atoms with E-state index in [2.05, 4.69) is 15.9 Å². The number of rotatable bonds is 1. The molecule has 5 heteroatoms. The Morgan fingerprint density at radius 2 is 1.73 bits per heavy atom. The van der Waals surface area contributed by atoms with E-state index < -0.39 is 23.1 Å². The molecule has 1 fully saturated rings. The molecule has 0 heterocycles. The van der Waals surface area contributed by atoms with Gasteiger partial charge in [0.15, 0.2) is 17.5 Å². The molecule has 0 aliphatic heterocycles. The summed E-state index contributed by atoms with van der Waals surface area (Å²) >= 11 is 2.78. The van der Waals surface area contributed by atoms with E-state index in [9.17, 15) is 18.3 Å². The van der Waals surface area contributed by atoms with Gasteiger partial charge in [-0.25, -0.2) is 13.2 Å². The van der Waals surface area contributed by atoms with Crippen molar-refractivity contribution in [3.63, 3.8) is 0 Å². The summed E-state index contributed by atoms with van der Waals surface area (Å²) in [7, 11) is 0. The van der Waals surface area contributed by atoms with Crippen molar-refractivity contribution in [1.82, 2.24) is 0 Å². The van der Waals surface area contributed by atoms with Gasteiger partial charge in [-0.2, -0.15) is 0 Å². The molecular formula is C10H8BrF3O. The first kappa shape index (κ1) is 11.0. The lowest BCUT2D eigenvalue weighted by atomic mass is 9.75. The van der Waals surface area contributed by atoms with E-state index in [4.69, 9.17) is 0 Å². The van der Waals surface area contributed by atoms with Gasteiger partial charge < -0.3 is 5.11 Å². The Labute approximate surface area is 93.0 Å². The second-order valence-corrected chi connectivity index (χ2v) is 4.59. The van der Waals surface area contributed by atoms with Crippen LogP contribution in [0.5, 0.6) is 0 Å². The van der Waals surface area contributed by atoms with Gasteiger partial charge in [0.1, 0.15) is 0 Å². The zero-order valence-corrected chi connectivity index (χ0v) is 9.24. The van der Waals surface area contributed by atoms with Crippen molar-refractivity contribution in [1.29, 1.82) is 0 Å². The number of hydrogen-bond donors (Lipinski definition) is 1. The van der Waals surface area contributed by atoms with Crippen molar-refractivity contribution < 1.29 is 18.3 Å². The predicted octanol–water partition coefficient (Wildman–Crippen LogP) is 3.24. The molecular weight excluding hydrogens is 273 g/mol. The Balaban J connectivity index is 2.58. The molecule has 1 aromatic carbocycles. The zero-order valence-electron chi connectivity index (χ0n) is 7.66. The Hall–Kier alpha value is -0.550. The first-order chi connectivity index (χ1) is 6.96. The normalized spacial score (nSPS) is 18.7. The molecule has 15 heavy (non-hydrogen) atoms. The first-order valence-electron chi connectivity index (χ1n) is 4.51. The summed E-state index contributed by atoms with van der Waals surface area (Å²) in [6, 6.07) is 1.10. The summed E-state index contributed by atoms with van der Waals surface area (Å²) < 4.78 is 39.2. The standard InChI is InChI=1S/C10H8BrF3O/c11-6-4-5(10(15)2-1-3-10)7(12)9(14)8(6)13/h4,15H,1-3H2. The average Bonchev–Trinajstić information content (AvgIpc) is 2.17. The molecule has 1 nitrogen and oxygen atoms in total. The first-order valence-corrected chi connectivity index (χ1v) is 5.31. The van der Waals surface area contributed by atoms with Crippen LogP contribution in [0.2, 0.25) is 0 Å². The predicted molar refractivity (Wildman–Crippen MR) is 51.8 cm³/mol. The number of aliphatic hydroxyl groups is 1. The van der Waals surface area contributed by atoms with E-state index in [0.717, 1.165) is 12.5 Å². The molecule has 0 spiro atoms. The molecule has 0 saturated heterocycles. The van der Waals surface area contributed by atoms with Crippen LogP contribution < -0.4 is 0 Å². The fraction of sp³-hybridized carbons (Fsp3) is 0.400. The van der Waals surface area contributed by atoms with Crippen LogP contribution in [0.15, 0.2) is 10.5 Å². The molecule has 1 aliphatic rings. The molecule has 0 amide bonds. The Bertz CT molecular complexity index is 416. The van der Waals surface area contributed by atoms with Crippen LogP contribution in [0, 0.1) is 17.5 Å². The van der Waals surface area contributed by atoms with Gasteiger partial charge in [-0.15, -0.1) is 0 Å². The monoisotopic (exact) mass is 280 g/mol. The molecule has 1 aromatic rings. The van der Waals surface area contributed by atoms with Gasteiger partial charge in [-0.05, 0) is 41.3 Å². The van der Waals surface area contributed by atoms with Gasteiger partial charge in [-0.1, -0.05) is 0 Å². The third-order valence-electron chi connectivity index (χ3n) is 2.78. The van der Waals surface area contributed by atoms with Crippen LogP contribution in [0.1, 0.15) is 24.8 Å². The van der Waals surface area contributed by atoms with E-state index in [1.54, 1.807) is 0 Å². The maximum absolute atomic E-state index is 13.4. The van der Waals surface area contributed by atoms with Crippen molar-refractivity contribution in [2.24, 2.45) is 0 Å². The van der Waals surface area contributed by atoms with Crippen LogP contribution in [-0.2, 0) is 5.60 Å². The van der Waals surface area contributed by atoms with Gasteiger partial charge in [-0.3, -0.25) is 0 Å². The third-order valence-corrected chi connectivity index (χ3v) is 3.36. The summed E-state index contributed by atoms with van der Waals surface area (Å²) in [5.74, 6) is -4.10. The molecule has 0 aromatic heterocycles. The highest BCUT2D eigenvalue weighted by Gasteiger charge is 2.40. The van der Waals surface area contributed by atoms with Crippen molar-refractivity contribution in [3.05, 3.63) is 33.6 Å². The Morgan fingerprint density at radius 1 is 1.13 bits per heavy atom. The minimum atomic E-state index is -1.54. The second-order valence-electron chi connectivity index (χ2n) is 3.73. The molecule has 0 radical (unpaired) electrons. The summed E-state index contributed by atoms with van der Waals surface area (Å²) in [4.78, 5) is 0. The topological polar surface area (TPSA) is 20.2 Å². The van der Waals surface area contributed by atoms with Gasteiger partial charge >= 0.3 is 0 Å². The minimum absolute atomic E-state index is 0.167. The zero-order chi connectivity index (χ0) is 11.2. The van der Waals surface area contributed by atoms with E-state index in [1.165, 1.54) is 0 Å². The fourth-order valence-electron chi connectivity index (χ4n) is 1.69. The van der Waals surface area contributed by atoms with Crippen molar-refractivity contribution in [2.75, 3.05) is 0 Å². The lowest BCUT2D eigenvalue weighted by Crippen LogP contribution is -2.35. The quantitative estimate of drug-likeness (QED) is 0.619. The highest BCUT2D eigenvalue weighted by Crippen LogP contribution is 2.43. The van der Waals surface area contributed by atoms with Gasteiger partial charge in [0.05, 0.1) is 10.1 Å². The van der Waals surface area contributed by atoms with Crippen molar-refractivity contribution in [3.8, 4) is 0 Å². The number of hydrogen-bond acceptors (Lipinski definition) is 1. The second kappa shape index (κ2) is 3.49. The summed E-state index contributed by atoms with van der Waals surface area (Å²) in [5, 5.41) is 9.85. The summed E-state index contributed by atoms with van der Waals surface area (Å²) in [6.07, 6.45) is 1.51. The van der Waals surface area contributed by atoms with Gasteiger partial charge in [0.2, 0.25) is 0 Å². The molecule has 82 valence electrons. The Morgan fingerprint density at radius 3 is 2.20 bits per heavy atom. The van der Waals surface area contributed by atoms with Crippen LogP contribution in [0.3, 0.4) is 0 Å². The van der Waals surface area contributed by atoms with Gasteiger partial charge in [0.25, 0.3) is 0 Å². The van der Waals surface area contributed by atoms with E-state index >= 15 is 0 Å². The maximum atomic E-state index is 13.4.